The van der Waals surface area contributed by atoms with Gasteiger partial charge >= 0.3 is 0 Å². The largest absolute Gasteiger partial charge is 0.306 e. The summed E-state index contributed by atoms with van der Waals surface area (Å²) < 4.78 is 3.88. The molecule has 0 N–H and O–H groups in total. The molecule has 0 saturated carbocycles. The van der Waals surface area contributed by atoms with Crippen LogP contribution in [0.25, 0.3) is 10.4 Å². The second kappa shape index (κ2) is 8.69. The van der Waals surface area contributed by atoms with E-state index in [1.165, 1.54) is 5.56 Å². The molecule has 0 aliphatic carbocycles. The number of anilines is 2. The lowest BCUT2D eigenvalue weighted by Crippen LogP contribution is -2.25. The predicted molar refractivity (Wildman–Crippen MR) is 128 cm³/mol. The highest BCUT2D eigenvalue weighted by Gasteiger charge is 2.25. The van der Waals surface area contributed by atoms with Crippen LogP contribution >= 0.6 is 47.5 Å². The number of thioether (sulfide) groups is 1. The predicted octanol–water partition coefficient (Wildman–Crippen LogP) is 7.62. The second-order valence-electron chi connectivity index (χ2n) is 6.49. The first-order valence-electron chi connectivity index (χ1n) is 8.69. The highest BCUT2D eigenvalue weighted by atomic mass is 32.2. The maximum absolute atomic E-state index is 5.78. The fourth-order valence-corrected chi connectivity index (χ4v) is 5.14. The molecular weight excluding hydrogens is 409 g/mol. The lowest BCUT2D eigenvalue weighted by molar-refractivity contribution is 0.604. The van der Waals surface area contributed by atoms with Crippen LogP contribution in [-0.4, -0.2) is 15.1 Å². The Morgan fingerprint density at radius 3 is 2.26 bits per heavy atom. The molecule has 0 aliphatic rings. The third kappa shape index (κ3) is 4.19. The summed E-state index contributed by atoms with van der Waals surface area (Å²) in [5.74, 6) is 1.05. The van der Waals surface area contributed by atoms with Crippen LogP contribution in [0.1, 0.15) is 25.5 Å². The molecule has 3 rings (SSSR count). The zero-order valence-electron chi connectivity index (χ0n) is 15.8. The first-order chi connectivity index (χ1) is 12.9. The summed E-state index contributed by atoms with van der Waals surface area (Å²) in [7, 11) is 0. The summed E-state index contributed by atoms with van der Waals surface area (Å²) in [4.78, 5) is 3.31. The van der Waals surface area contributed by atoms with Gasteiger partial charge in [-0.05, 0) is 56.9 Å². The lowest BCUT2D eigenvalue weighted by Gasteiger charge is -2.28. The fraction of sp³-hybridized carbons (Fsp3) is 0.238. The minimum Gasteiger partial charge on any atom is -0.306 e. The fourth-order valence-electron chi connectivity index (χ4n) is 2.92. The average Bonchev–Trinajstić information content (AvgIpc) is 3.01. The van der Waals surface area contributed by atoms with Crippen molar-refractivity contribution in [3.63, 3.8) is 0 Å². The van der Waals surface area contributed by atoms with Crippen LogP contribution < -0.4 is 4.90 Å². The van der Waals surface area contributed by atoms with Crippen molar-refractivity contribution in [1.82, 2.24) is 4.57 Å². The minimum atomic E-state index is 0.235. The zero-order chi connectivity index (χ0) is 19.6. The molecule has 0 unspecified atom stereocenters. The van der Waals surface area contributed by atoms with E-state index >= 15 is 0 Å². The van der Waals surface area contributed by atoms with Gasteiger partial charge < -0.3 is 4.57 Å². The first kappa shape index (κ1) is 20.3. The molecular formula is C21H22N2S4. The number of thiazole rings is 1. The Kier molecular flexibility index (Phi) is 6.52. The molecule has 0 spiro atoms. The van der Waals surface area contributed by atoms with E-state index < -0.39 is 0 Å². The number of thiocarbonyl (C=S) groups is 1. The summed E-state index contributed by atoms with van der Waals surface area (Å²) in [5.41, 5.74) is 3.44. The molecule has 0 radical (unpaired) electrons. The highest BCUT2D eigenvalue weighted by Crippen LogP contribution is 2.43. The summed E-state index contributed by atoms with van der Waals surface area (Å²) in [6.45, 7) is 6.42. The summed E-state index contributed by atoms with van der Waals surface area (Å²) in [6, 6.07) is 19.1. The molecule has 2 aromatic carbocycles. The number of nitrogens with zero attached hydrogens (tertiary/aromatic N) is 2. The highest BCUT2D eigenvalue weighted by molar-refractivity contribution is 8.23. The Balaban J connectivity index is 2.32. The van der Waals surface area contributed by atoms with Crippen LogP contribution in [0.15, 0.2) is 54.6 Å². The maximum Gasteiger partial charge on any atom is 0.163 e. The molecule has 0 bridgehead atoms. The van der Waals surface area contributed by atoms with Crippen molar-refractivity contribution in [2.24, 2.45) is 0 Å². The van der Waals surface area contributed by atoms with Crippen molar-refractivity contribution in [2.45, 2.75) is 26.8 Å². The molecule has 0 atom stereocenters. The standard InChI is InChI=1S/C21H22N2S4/c1-14(2)22-19(18(27-21(22)25)16-8-6-5-7-9-16)23(20(24)26-4)17-12-10-15(3)11-13-17/h5-14H,1-4H3. The molecule has 0 saturated heterocycles. The van der Waals surface area contributed by atoms with Crippen molar-refractivity contribution >= 4 is 63.4 Å². The van der Waals surface area contributed by atoms with E-state index in [2.05, 4.69) is 78.8 Å². The van der Waals surface area contributed by atoms with E-state index in [1.807, 2.05) is 12.3 Å². The molecule has 1 heterocycles. The maximum atomic E-state index is 5.78. The number of aryl methyl sites for hydroxylation is 1. The van der Waals surface area contributed by atoms with Crippen LogP contribution in [0, 0.1) is 10.9 Å². The van der Waals surface area contributed by atoms with Gasteiger partial charge in [-0.2, -0.15) is 0 Å². The summed E-state index contributed by atoms with van der Waals surface area (Å²) >= 11 is 14.8. The van der Waals surface area contributed by atoms with Gasteiger partial charge in [-0.3, -0.25) is 4.90 Å². The number of aromatic nitrogens is 1. The van der Waals surface area contributed by atoms with Gasteiger partial charge in [-0.1, -0.05) is 72.0 Å². The number of rotatable bonds is 4. The van der Waals surface area contributed by atoms with Gasteiger partial charge in [0.05, 0.1) is 4.88 Å². The molecule has 3 aromatic rings. The first-order valence-corrected chi connectivity index (χ1v) is 11.5. The molecule has 2 nitrogen and oxygen atoms in total. The lowest BCUT2D eigenvalue weighted by atomic mass is 10.1. The third-order valence-electron chi connectivity index (χ3n) is 4.23. The Hall–Kier alpha value is -1.47. The van der Waals surface area contributed by atoms with Crippen molar-refractivity contribution in [2.75, 3.05) is 11.2 Å². The van der Waals surface area contributed by atoms with Crippen LogP contribution in [0.3, 0.4) is 0 Å². The Morgan fingerprint density at radius 2 is 1.70 bits per heavy atom. The zero-order valence-corrected chi connectivity index (χ0v) is 19.1. The van der Waals surface area contributed by atoms with Crippen molar-refractivity contribution in [1.29, 1.82) is 0 Å². The quantitative estimate of drug-likeness (QED) is 0.393. The van der Waals surface area contributed by atoms with E-state index in [0.29, 0.717) is 0 Å². The third-order valence-corrected chi connectivity index (χ3v) is 6.89. The van der Waals surface area contributed by atoms with Gasteiger partial charge in [-0.25, -0.2) is 0 Å². The molecule has 0 fully saturated rings. The minimum absolute atomic E-state index is 0.235. The van der Waals surface area contributed by atoms with Gasteiger partial charge in [0.1, 0.15) is 10.1 Å². The molecule has 0 aliphatic heterocycles. The Bertz CT molecular complexity index is 985. The van der Waals surface area contributed by atoms with Crippen LogP contribution in [-0.2, 0) is 0 Å². The molecule has 27 heavy (non-hydrogen) atoms. The van der Waals surface area contributed by atoms with Gasteiger partial charge in [0.2, 0.25) is 0 Å². The van der Waals surface area contributed by atoms with E-state index in [4.69, 9.17) is 24.4 Å². The topological polar surface area (TPSA) is 8.17 Å². The van der Waals surface area contributed by atoms with E-state index in [0.717, 1.165) is 30.2 Å². The normalized spacial score (nSPS) is 11.0. The Labute approximate surface area is 179 Å². The number of hydrogen-bond donors (Lipinski definition) is 0. The number of benzene rings is 2. The summed E-state index contributed by atoms with van der Waals surface area (Å²) in [6.07, 6.45) is 2.02. The van der Waals surface area contributed by atoms with Crippen molar-refractivity contribution < 1.29 is 0 Å². The van der Waals surface area contributed by atoms with Gasteiger partial charge in [0.25, 0.3) is 0 Å². The van der Waals surface area contributed by atoms with Crippen LogP contribution in [0.4, 0.5) is 11.5 Å². The van der Waals surface area contributed by atoms with Crippen molar-refractivity contribution in [3.8, 4) is 10.4 Å². The van der Waals surface area contributed by atoms with Crippen molar-refractivity contribution in [3.05, 3.63) is 64.1 Å². The molecule has 6 heteroatoms. The smallest absolute Gasteiger partial charge is 0.163 e. The van der Waals surface area contributed by atoms with E-state index in [9.17, 15) is 0 Å². The van der Waals surface area contributed by atoms with E-state index in [-0.39, 0.29) is 6.04 Å². The monoisotopic (exact) mass is 430 g/mol. The Morgan fingerprint density at radius 1 is 1.07 bits per heavy atom. The number of hydrogen-bond acceptors (Lipinski definition) is 4. The average molecular weight is 431 g/mol. The second-order valence-corrected chi connectivity index (χ2v) is 9.58. The van der Waals surface area contributed by atoms with Gasteiger partial charge in [0, 0.05) is 11.7 Å². The van der Waals surface area contributed by atoms with Crippen LogP contribution in [0.2, 0.25) is 0 Å². The van der Waals surface area contributed by atoms with Gasteiger partial charge in [-0.15, -0.1) is 11.3 Å². The molecule has 1 aromatic heterocycles. The summed E-state index contributed by atoms with van der Waals surface area (Å²) in [5, 5.41) is 0. The van der Waals surface area contributed by atoms with Gasteiger partial charge in [0.15, 0.2) is 3.95 Å². The van der Waals surface area contributed by atoms with E-state index in [1.54, 1.807) is 23.1 Å². The molecule has 140 valence electrons. The SMILES string of the molecule is CSC(=S)N(c1ccc(C)cc1)c1c(-c2ccccc2)sc(=S)n1C(C)C. The molecule has 0 amide bonds. The van der Waals surface area contributed by atoms with Crippen LogP contribution in [0.5, 0.6) is 0 Å².